The molecule has 0 aliphatic carbocycles. The van der Waals surface area contributed by atoms with Crippen LogP contribution in [0.3, 0.4) is 0 Å². The molecule has 3 aromatic rings. The Morgan fingerprint density at radius 2 is 1.58 bits per heavy atom. The minimum absolute atomic E-state index is 0.151. The lowest BCUT2D eigenvalue weighted by atomic mass is 10.0. The van der Waals surface area contributed by atoms with E-state index in [0.29, 0.717) is 13.1 Å². The van der Waals surface area contributed by atoms with Crippen molar-refractivity contribution in [3.8, 4) is 0 Å². The molecule has 1 aliphatic heterocycles. The molecule has 0 saturated carbocycles. The van der Waals surface area contributed by atoms with E-state index in [-0.39, 0.29) is 18.0 Å². The average Bonchev–Trinajstić information content (AvgIpc) is 3.44. The van der Waals surface area contributed by atoms with E-state index >= 15 is 0 Å². The van der Waals surface area contributed by atoms with Gasteiger partial charge in [-0.25, -0.2) is 10.9 Å². The van der Waals surface area contributed by atoms with Crippen LogP contribution in [-0.4, -0.2) is 16.8 Å². The summed E-state index contributed by atoms with van der Waals surface area (Å²) in [5.41, 5.74) is 7.70. The Bertz CT molecular complexity index is 782. The zero-order chi connectivity index (χ0) is 17.8. The number of hydrogen-bond acceptors (Lipinski definition) is 5. The molecular formula is C20H21N3OS2. The molecule has 26 heavy (non-hydrogen) atoms. The van der Waals surface area contributed by atoms with Gasteiger partial charge in [0.25, 0.3) is 0 Å². The van der Waals surface area contributed by atoms with Crippen molar-refractivity contribution in [3.63, 3.8) is 0 Å². The molecule has 4 nitrogen and oxygen atoms in total. The summed E-state index contributed by atoms with van der Waals surface area (Å²) < 4.78 is 0. The van der Waals surface area contributed by atoms with E-state index in [1.807, 2.05) is 35.2 Å². The minimum Gasteiger partial charge on any atom is -0.331 e. The van der Waals surface area contributed by atoms with Gasteiger partial charge in [0.2, 0.25) is 5.91 Å². The summed E-state index contributed by atoms with van der Waals surface area (Å²) in [6.07, 6.45) is 0.758. The molecule has 1 saturated heterocycles. The number of nitrogens with zero attached hydrogens (tertiary/aromatic N) is 1. The number of benzene rings is 1. The maximum absolute atomic E-state index is 13.2. The SMILES string of the molecule is O=C(C1CC(c2ccccc2)NN1)N(Cc1cccs1)Cc1cccs1. The standard InChI is InChI=1S/C20H21N3OS2/c24-20(19-12-18(21-22-19)15-6-2-1-3-7-15)23(13-16-8-4-10-25-16)14-17-9-5-11-26-17/h1-11,18-19,21-22H,12-14H2. The maximum Gasteiger partial charge on any atom is 0.241 e. The van der Waals surface area contributed by atoms with Crippen molar-refractivity contribution in [2.75, 3.05) is 0 Å². The summed E-state index contributed by atoms with van der Waals surface area (Å²) in [4.78, 5) is 17.6. The Morgan fingerprint density at radius 1 is 0.923 bits per heavy atom. The Kier molecular flexibility index (Phi) is 5.45. The zero-order valence-corrected chi connectivity index (χ0v) is 15.9. The summed E-state index contributed by atoms with van der Waals surface area (Å²) in [5.74, 6) is 0.151. The smallest absolute Gasteiger partial charge is 0.241 e. The molecule has 0 bridgehead atoms. The van der Waals surface area contributed by atoms with Gasteiger partial charge in [-0.3, -0.25) is 4.79 Å². The lowest BCUT2D eigenvalue weighted by Crippen LogP contribution is -2.44. The summed E-state index contributed by atoms with van der Waals surface area (Å²) in [6.45, 7) is 1.31. The molecule has 1 amide bonds. The van der Waals surface area contributed by atoms with Crippen LogP contribution in [0, 0.1) is 0 Å². The number of thiophene rings is 2. The highest BCUT2D eigenvalue weighted by Gasteiger charge is 2.33. The number of amides is 1. The zero-order valence-electron chi connectivity index (χ0n) is 14.3. The van der Waals surface area contributed by atoms with Crippen LogP contribution < -0.4 is 10.9 Å². The van der Waals surface area contributed by atoms with Crippen LogP contribution in [0.1, 0.15) is 27.8 Å². The van der Waals surface area contributed by atoms with Gasteiger partial charge in [0, 0.05) is 15.8 Å². The van der Waals surface area contributed by atoms with Gasteiger partial charge >= 0.3 is 0 Å². The molecule has 3 heterocycles. The molecule has 1 fully saturated rings. The van der Waals surface area contributed by atoms with Crippen LogP contribution >= 0.6 is 22.7 Å². The van der Waals surface area contributed by atoms with Gasteiger partial charge < -0.3 is 4.90 Å². The molecule has 134 valence electrons. The van der Waals surface area contributed by atoms with Crippen molar-refractivity contribution >= 4 is 28.6 Å². The highest BCUT2D eigenvalue weighted by molar-refractivity contribution is 7.10. The number of rotatable bonds is 6. The van der Waals surface area contributed by atoms with Crippen molar-refractivity contribution in [2.24, 2.45) is 0 Å². The van der Waals surface area contributed by atoms with Crippen LogP contribution in [0.25, 0.3) is 0 Å². The van der Waals surface area contributed by atoms with Crippen molar-refractivity contribution in [1.82, 2.24) is 15.8 Å². The Labute approximate surface area is 161 Å². The molecule has 0 spiro atoms. The van der Waals surface area contributed by atoms with Gasteiger partial charge in [-0.05, 0) is 34.9 Å². The molecular weight excluding hydrogens is 362 g/mol. The monoisotopic (exact) mass is 383 g/mol. The highest BCUT2D eigenvalue weighted by atomic mass is 32.1. The second-order valence-corrected chi connectivity index (χ2v) is 8.46. The van der Waals surface area contributed by atoms with Crippen molar-refractivity contribution in [2.45, 2.75) is 31.6 Å². The van der Waals surface area contributed by atoms with Crippen molar-refractivity contribution in [1.29, 1.82) is 0 Å². The number of carbonyl (C=O) groups is 1. The van der Waals surface area contributed by atoms with Gasteiger partial charge in [0.05, 0.1) is 13.1 Å². The topological polar surface area (TPSA) is 44.4 Å². The summed E-state index contributed by atoms with van der Waals surface area (Å²) >= 11 is 3.39. The van der Waals surface area contributed by atoms with Gasteiger partial charge in [0.1, 0.15) is 6.04 Å². The first kappa shape index (κ1) is 17.4. The predicted molar refractivity (Wildman–Crippen MR) is 107 cm³/mol. The molecule has 1 aromatic carbocycles. The van der Waals surface area contributed by atoms with Crippen LogP contribution in [0.2, 0.25) is 0 Å². The van der Waals surface area contributed by atoms with Crippen LogP contribution in [0.4, 0.5) is 0 Å². The lowest BCUT2D eigenvalue weighted by molar-refractivity contribution is -0.134. The predicted octanol–water partition coefficient (Wildman–Crippen LogP) is 3.95. The van der Waals surface area contributed by atoms with Crippen LogP contribution in [-0.2, 0) is 17.9 Å². The van der Waals surface area contributed by atoms with E-state index in [1.165, 1.54) is 15.3 Å². The number of nitrogens with one attached hydrogen (secondary N) is 2. The minimum atomic E-state index is -0.208. The van der Waals surface area contributed by atoms with Crippen LogP contribution in [0.5, 0.6) is 0 Å². The number of hydrazine groups is 1. The van der Waals surface area contributed by atoms with Gasteiger partial charge in [0.15, 0.2) is 0 Å². The van der Waals surface area contributed by atoms with Gasteiger partial charge in [-0.2, -0.15) is 0 Å². The molecule has 0 radical (unpaired) electrons. The third-order valence-corrected chi connectivity index (χ3v) is 6.29. The van der Waals surface area contributed by atoms with E-state index in [1.54, 1.807) is 22.7 Å². The fourth-order valence-electron chi connectivity index (χ4n) is 3.24. The second kappa shape index (κ2) is 8.14. The first-order valence-corrected chi connectivity index (χ1v) is 10.4. The van der Waals surface area contributed by atoms with Crippen molar-refractivity contribution < 1.29 is 4.79 Å². The molecule has 2 aromatic heterocycles. The summed E-state index contributed by atoms with van der Waals surface area (Å²) in [6, 6.07) is 18.5. The van der Waals surface area contributed by atoms with Crippen molar-refractivity contribution in [3.05, 3.63) is 80.7 Å². The van der Waals surface area contributed by atoms with E-state index in [0.717, 1.165) is 6.42 Å². The number of hydrogen-bond donors (Lipinski definition) is 2. The quantitative estimate of drug-likeness (QED) is 0.677. The maximum atomic E-state index is 13.2. The molecule has 4 rings (SSSR count). The molecule has 6 heteroatoms. The Morgan fingerprint density at radius 3 is 2.15 bits per heavy atom. The fraction of sp³-hybridized carbons (Fsp3) is 0.250. The largest absolute Gasteiger partial charge is 0.331 e. The van der Waals surface area contributed by atoms with E-state index in [4.69, 9.17) is 0 Å². The summed E-state index contributed by atoms with van der Waals surface area (Å²) in [5, 5.41) is 4.12. The normalized spacial score (nSPS) is 19.5. The van der Waals surface area contributed by atoms with Gasteiger partial charge in [-0.15, -0.1) is 22.7 Å². The van der Waals surface area contributed by atoms with E-state index < -0.39 is 0 Å². The summed E-state index contributed by atoms with van der Waals surface area (Å²) in [7, 11) is 0. The fourth-order valence-corrected chi connectivity index (χ4v) is 4.67. The first-order chi connectivity index (χ1) is 12.8. The third-order valence-electron chi connectivity index (χ3n) is 4.57. The average molecular weight is 384 g/mol. The molecule has 2 unspecified atom stereocenters. The first-order valence-electron chi connectivity index (χ1n) is 8.69. The molecule has 2 atom stereocenters. The Balaban J connectivity index is 1.47. The van der Waals surface area contributed by atoms with E-state index in [2.05, 4.69) is 45.9 Å². The second-order valence-electron chi connectivity index (χ2n) is 6.39. The molecule has 1 aliphatic rings. The van der Waals surface area contributed by atoms with Gasteiger partial charge in [-0.1, -0.05) is 42.5 Å². The highest BCUT2D eigenvalue weighted by Crippen LogP contribution is 2.25. The van der Waals surface area contributed by atoms with Crippen LogP contribution in [0.15, 0.2) is 65.4 Å². The number of carbonyl (C=O) groups excluding carboxylic acids is 1. The molecule has 2 N–H and O–H groups in total. The van der Waals surface area contributed by atoms with E-state index in [9.17, 15) is 4.79 Å². The third kappa shape index (κ3) is 4.04. The lowest BCUT2D eigenvalue weighted by Gasteiger charge is -2.24. The Hall–Kier alpha value is -1.99.